The molecule has 3 nitrogen and oxygen atoms in total. The summed E-state index contributed by atoms with van der Waals surface area (Å²) in [6.45, 7) is -0.123. The molecule has 0 spiro atoms. The zero-order valence-corrected chi connectivity index (χ0v) is 7.83. The SMILES string of the molecule is O=C(O)c1cc(F)c(CCCO)cc1F. The molecule has 1 aromatic rings. The molecule has 1 rings (SSSR count). The minimum atomic E-state index is -1.50. The normalized spacial score (nSPS) is 10.3. The molecule has 0 radical (unpaired) electrons. The Kier molecular flexibility index (Phi) is 3.74. The van der Waals surface area contributed by atoms with Gasteiger partial charge < -0.3 is 10.2 Å². The lowest BCUT2D eigenvalue weighted by atomic mass is 10.1. The third-order valence-corrected chi connectivity index (χ3v) is 1.97. The van der Waals surface area contributed by atoms with E-state index in [0.717, 1.165) is 6.07 Å². The Morgan fingerprint density at radius 3 is 2.47 bits per heavy atom. The maximum absolute atomic E-state index is 13.2. The zero-order valence-electron chi connectivity index (χ0n) is 7.83. The summed E-state index contributed by atoms with van der Waals surface area (Å²) in [6.07, 6.45) is 0.488. The molecule has 0 bridgehead atoms. The maximum atomic E-state index is 13.2. The van der Waals surface area contributed by atoms with E-state index in [0.29, 0.717) is 12.5 Å². The van der Waals surface area contributed by atoms with Gasteiger partial charge in [0.15, 0.2) is 0 Å². The second-order valence-corrected chi connectivity index (χ2v) is 3.06. The average Bonchev–Trinajstić information content (AvgIpc) is 2.18. The standard InChI is InChI=1S/C10H10F2O3/c11-8-5-7(10(14)15)9(12)4-6(8)2-1-3-13/h4-5,13H,1-3H2,(H,14,15). The number of aliphatic hydroxyl groups is 1. The second-order valence-electron chi connectivity index (χ2n) is 3.06. The Labute approximate surface area is 85.0 Å². The number of halogens is 2. The van der Waals surface area contributed by atoms with Gasteiger partial charge in [-0.2, -0.15) is 0 Å². The summed E-state index contributed by atoms with van der Waals surface area (Å²) in [6, 6.07) is 1.51. The molecule has 0 fully saturated rings. The molecule has 0 saturated heterocycles. The number of aryl methyl sites for hydroxylation is 1. The van der Waals surface area contributed by atoms with Crippen LogP contribution < -0.4 is 0 Å². The molecule has 0 atom stereocenters. The Hall–Kier alpha value is -1.49. The van der Waals surface area contributed by atoms with Gasteiger partial charge in [0.05, 0.1) is 5.56 Å². The molecule has 0 aliphatic heterocycles. The Bertz CT molecular complexity index is 377. The number of aliphatic hydroxyl groups excluding tert-OH is 1. The first-order valence-corrected chi connectivity index (χ1v) is 4.38. The van der Waals surface area contributed by atoms with Crippen molar-refractivity contribution in [3.8, 4) is 0 Å². The quantitative estimate of drug-likeness (QED) is 0.803. The van der Waals surface area contributed by atoms with E-state index in [4.69, 9.17) is 10.2 Å². The summed E-state index contributed by atoms with van der Waals surface area (Å²) in [5, 5.41) is 17.0. The van der Waals surface area contributed by atoms with Crippen LogP contribution in [0.3, 0.4) is 0 Å². The largest absolute Gasteiger partial charge is 0.478 e. The summed E-state index contributed by atoms with van der Waals surface area (Å²) in [7, 11) is 0. The van der Waals surface area contributed by atoms with Gasteiger partial charge in [-0.05, 0) is 30.5 Å². The van der Waals surface area contributed by atoms with Crippen LogP contribution in [0.25, 0.3) is 0 Å². The maximum Gasteiger partial charge on any atom is 0.338 e. The van der Waals surface area contributed by atoms with Gasteiger partial charge in [-0.25, -0.2) is 13.6 Å². The number of rotatable bonds is 4. The number of hydrogen-bond acceptors (Lipinski definition) is 2. The van der Waals surface area contributed by atoms with E-state index < -0.39 is 23.2 Å². The van der Waals surface area contributed by atoms with Gasteiger partial charge in [0.25, 0.3) is 0 Å². The zero-order chi connectivity index (χ0) is 11.4. The first-order valence-electron chi connectivity index (χ1n) is 4.38. The summed E-state index contributed by atoms with van der Waals surface area (Å²) in [5.41, 5.74) is -0.605. The molecular formula is C10H10F2O3. The fourth-order valence-corrected chi connectivity index (χ4v) is 1.21. The van der Waals surface area contributed by atoms with Gasteiger partial charge >= 0.3 is 5.97 Å². The minimum Gasteiger partial charge on any atom is -0.478 e. The lowest BCUT2D eigenvalue weighted by molar-refractivity contribution is 0.0691. The number of carboxylic acid groups (broad SMARTS) is 1. The Morgan fingerprint density at radius 2 is 1.93 bits per heavy atom. The minimum absolute atomic E-state index is 0.0755. The van der Waals surface area contributed by atoms with Crippen molar-refractivity contribution >= 4 is 5.97 Å². The van der Waals surface area contributed by atoms with Crippen molar-refractivity contribution < 1.29 is 23.8 Å². The molecule has 0 aromatic heterocycles. The molecule has 82 valence electrons. The summed E-state index contributed by atoms with van der Waals surface area (Å²) < 4.78 is 26.3. The molecule has 15 heavy (non-hydrogen) atoms. The number of aromatic carboxylic acids is 1. The van der Waals surface area contributed by atoms with Crippen LogP contribution in [0.1, 0.15) is 22.3 Å². The van der Waals surface area contributed by atoms with Crippen molar-refractivity contribution in [3.63, 3.8) is 0 Å². The van der Waals surface area contributed by atoms with E-state index >= 15 is 0 Å². The molecule has 0 unspecified atom stereocenters. The monoisotopic (exact) mass is 216 g/mol. The van der Waals surface area contributed by atoms with E-state index in [1.807, 2.05) is 0 Å². The van der Waals surface area contributed by atoms with Crippen molar-refractivity contribution in [1.82, 2.24) is 0 Å². The summed E-state index contributed by atoms with van der Waals surface area (Å²) in [5.74, 6) is -3.22. The highest BCUT2D eigenvalue weighted by Crippen LogP contribution is 2.16. The topological polar surface area (TPSA) is 57.5 Å². The first kappa shape index (κ1) is 11.6. The van der Waals surface area contributed by atoms with Crippen LogP contribution in [0.2, 0.25) is 0 Å². The first-order chi connectivity index (χ1) is 7.06. The van der Waals surface area contributed by atoms with Gasteiger partial charge in [-0.3, -0.25) is 0 Å². The fourth-order valence-electron chi connectivity index (χ4n) is 1.21. The predicted molar refractivity (Wildman–Crippen MR) is 48.7 cm³/mol. The van der Waals surface area contributed by atoms with E-state index in [-0.39, 0.29) is 18.6 Å². The van der Waals surface area contributed by atoms with Crippen molar-refractivity contribution in [2.45, 2.75) is 12.8 Å². The third-order valence-electron chi connectivity index (χ3n) is 1.97. The van der Waals surface area contributed by atoms with Crippen LogP contribution in [-0.2, 0) is 6.42 Å². The van der Waals surface area contributed by atoms with Crippen LogP contribution >= 0.6 is 0 Å². The van der Waals surface area contributed by atoms with Gasteiger partial charge in [-0.15, -0.1) is 0 Å². The van der Waals surface area contributed by atoms with E-state index in [1.165, 1.54) is 0 Å². The van der Waals surface area contributed by atoms with Crippen LogP contribution in [0.5, 0.6) is 0 Å². The van der Waals surface area contributed by atoms with Crippen molar-refractivity contribution in [2.75, 3.05) is 6.61 Å². The van der Waals surface area contributed by atoms with E-state index in [1.54, 1.807) is 0 Å². The van der Waals surface area contributed by atoms with Gasteiger partial charge in [0, 0.05) is 6.61 Å². The third kappa shape index (κ3) is 2.73. The lowest BCUT2D eigenvalue weighted by Gasteiger charge is -2.04. The highest BCUT2D eigenvalue weighted by atomic mass is 19.1. The van der Waals surface area contributed by atoms with Gasteiger partial charge in [0.2, 0.25) is 0 Å². The molecule has 5 heteroatoms. The Balaban J connectivity index is 3.02. The molecule has 0 amide bonds. The lowest BCUT2D eigenvalue weighted by Crippen LogP contribution is -2.04. The van der Waals surface area contributed by atoms with E-state index in [2.05, 4.69) is 0 Å². The summed E-state index contributed by atoms with van der Waals surface area (Å²) >= 11 is 0. The summed E-state index contributed by atoms with van der Waals surface area (Å²) in [4.78, 5) is 10.5. The molecule has 2 N–H and O–H groups in total. The average molecular weight is 216 g/mol. The molecule has 0 aliphatic rings. The number of benzene rings is 1. The Morgan fingerprint density at radius 1 is 1.27 bits per heavy atom. The number of carboxylic acids is 1. The van der Waals surface area contributed by atoms with Crippen LogP contribution in [0.4, 0.5) is 8.78 Å². The highest BCUT2D eigenvalue weighted by Gasteiger charge is 2.14. The van der Waals surface area contributed by atoms with Crippen molar-refractivity contribution in [3.05, 3.63) is 34.9 Å². The van der Waals surface area contributed by atoms with Crippen molar-refractivity contribution in [2.24, 2.45) is 0 Å². The molecule has 0 heterocycles. The molecule has 0 saturated carbocycles. The number of hydrogen-bond donors (Lipinski definition) is 2. The molecule has 0 aliphatic carbocycles. The predicted octanol–water partition coefficient (Wildman–Crippen LogP) is 1.59. The van der Waals surface area contributed by atoms with Crippen molar-refractivity contribution in [1.29, 1.82) is 0 Å². The van der Waals surface area contributed by atoms with Gasteiger partial charge in [0.1, 0.15) is 11.6 Å². The molecule has 1 aromatic carbocycles. The second kappa shape index (κ2) is 4.84. The highest BCUT2D eigenvalue weighted by molar-refractivity contribution is 5.87. The van der Waals surface area contributed by atoms with Crippen LogP contribution in [-0.4, -0.2) is 22.8 Å². The molecular weight excluding hydrogens is 206 g/mol. The van der Waals surface area contributed by atoms with Crippen LogP contribution in [0, 0.1) is 11.6 Å². The van der Waals surface area contributed by atoms with Gasteiger partial charge in [-0.1, -0.05) is 0 Å². The number of carbonyl (C=O) groups is 1. The van der Waals surface area contributed by atoms with Crippen LogP contribution in [0.15, 0.2) is 12.1 Å². The van der Waals surface area contributed by atoms with E-state index in [9.17, 15) is 13.6 Å². The smallest absolute Gasteiger partial charge is 0.338 e. The fraction of sp³-hybridized carbons (Fsp3) is 0.300.